The highest BCUT2D eigenvalue weighted by Crippen LogP contribution is 2.24. The fourth-order valence-electron chi connectivity index (χ4n) is 2.15. The van der Waals surface area contributed by atoms with Crippen LogP contribution in [0.2, 0.25) is 0 Å². The minimum atomic E-state index is 1.17. The molecule has 17 heavy (non-hydrogen) atoms. The molecule has 1 heteroatoms. The summed E-state index contributed by atoms with van der Waals surface area (Å²) >= 11 is 0. The summed E-state index contributed by atoms with van der Waals surface area (Å²) in [6.07, 6.45) is 3.84. The summed E-state index contributed by atoms with van der Waals surface area (Å²) in [5.41, 5.74) is 2.39. The molecule has 2 aromatic carbocycles. The fourth-order valence-corrected chi connectivity index (χ4v) is 2.15. The molecule has 1 nitrogen and oxygen atoms in total. The van der Waals surface area contributed by atoms with E-state index in [2.05, 4.69) is 55.1 Å². The predicted molar refractivity (Wildman–Crippen MR) is 73.8 cm³/mol. The maximum atomic E-state index is 3.81. The molecule has 1 aromatic heterocycles. The van der Waals surface area contributed by atoms with Gasteiger partial charge in [-0.2, -0.15) is 0 Å². The van der Waals surface area contributed by atoms with E-state index in [-0.39, 0.29) is 0 Å². The molecule has 0 bridgehead atoms. The second-order valence-corrected chi connectivity index (χ2v) is 4.05. The second kappa shape index (κ2) is 3.95. The average Bonchev–Trinajstić information content (AvgIpc) is 2.86. The van der Waals surface area contributed by atoms with Gasteiger partial charge in [-0.15, -0.1) is 0 Å². The normalized spacial score (nSPS) is 10.6. The molecule has 0 aliphatic carbocycles. The molecule has 0 unspecified atom stereocenters. The maximum absolute atomic E-state index is 3.81. The third kappa shape index (κ3) is 1.66. The van der Waals surface area contributed by atoms with Gasteiger partial charge in [0.15, 0.2) is 0 Å². The Morgan fingerprint density at radius 2 is 1.71 bits per heavy atom. The Balaban J connectivity index is 2.21. The molecule has 0 saturated carbocycles. The molecule has 0 aliphatic rings. The Morgan fingerprint density at radius 3 is 2.53 bits per heavy atom. The van der Waals surface area contributed by atoms with E-state index in [1.165, 1.54) is 22.0 Å². The van der Waals surface area contributed by atoms with Crippen LogP contribution in [0, 0.1) is 0 Å². The lowest BCUT2D eigenvalue weighted by molar-refractivity contribution is 1.18. The smallest absolute Gasteiger partial charge is 0.0522 e. The van der Waals surface area contributed by atoms with Gasteiger partial charge in [-0.25, -0.2) is 0 Å². The summed E-state index contributed by atoms with van der Waals surface area (Å²) in [6, 6.07) is 19.1. The van der Waals surface area contributed by atoms with Gasteiger partial charge in [0.1, 0.15) is 0 Å². The largest absolute Gasteiger partial charge is 0.324 e. The van der Waals surface area contributed by atoms with Crippen LogP contribution in [-0.4, -0.2) is 4.57 Å². The van der Waals surface area contributed by atoms with Gasteiger partial charge in [0.25, 0.3) is 0 Å². The summed E-state index contributed by atoms with van der Waals surface area (Å²) in [6.45, 7) is 3.81. The zero-order valence-corrected chi connectivity index (χ0v) is 9.51. The lowest BCUT2D eigenvalue weighted by Crippen LogP contribution is -1.87. The highest BCUT2D eigenvalue weighted by Gasteiger charge is 2.02. The van der Waals surface area contributed by atoms with Crippen LogP contribution in [0.5, 0.6) is 0 Å². The highest BCUT2D eigenvalue weighted by atomic mass is 14.9. The van der Waals surface area contributed by atoms with E-state index in [9.17, 15) is 0 Å². The van der Waals surface area contributed by atoms with Crippen molar-refractivity contribution in [3.05, 3.63) is 67.4 Å². The number of aromatic nitrogens is 1. The molecule has 82 valence electrons. The number of hydrogen-bond acceptors (Lipinski definition) is 0. The van der Waals surface area contributed by atoms with Crippen LogP contribution in [0.25, 0.3) is 28.2 Å². The third-order valence-electron chi connectivity index (χ3n) is 3.02. The zero-order valence-electron chi connectivity index (χ0n) is 9.51. The highest BCUT2D eigenvalue weighted by molar-refractivity contribution is 5.87. The van der Waals surface area contributed by atoms with Gasteiger partial charge in [0.05, 0.1) is 5.69 Å². The van der Waals surface area contributed by atoms with E-state index in [0.29, 0.717) is 0 Å². The Morgan fingerprint density at radius 1 is 0.882 bits per heavy atom. The molecule has 0 saturated heterocycles. The molecular formula is C16H13N. The Labute approximate surface area is 101 Å². The van der Waals surface area contributed by atoms with Crippen molar-refractivity contribution in [2.45, 2.75) is 0 Å². The van der Waals surface area contributed by atoms with E-state index in [1.54, 1.807) is 0 Å². The van der Waals surface area contributed by atoms with Crippen LogP contribution in [0.15, 0.2) is 67.4 Å². The SMILES string of the molecule is C=Cn1cccc1-c1ccc2ccccc2c1. The van der Waals surface area contributed by atoms with E-state index < -0.39 is 0 Å². The van der Waals surface area contributed by atoms with Crippen LogP contribution in [0.3, 0.4) is 0 Å². The van der Waals surface area contributed by atoms with Crippen molar-refractivity contribution in [3.63, 3.8) is 0 Å². The maximum Gasteiger partial charge on any atom is 0.0522 e. The minimum Gasteiger partial charge on any atom is -0.324 e. The van der Waals surface area contributed by atoms with Gasteiger partial charge in [-0.1, -0.05) is 43.0 Å². The van der Waals surface area contributed by atoms with Crippen molar-refractivity contribution in [1.82, 2.24) is 4.57 Å². The molecule has 3 aromatic rings. The first-order valence-electron chi connectivity index (χ1n) is 5.67. The van der Waals surface area contributed by atoms with Crippen LogP contribution in [0.4, 0.5) is 0 Å². The summed E-state index contributed by atoms with van der Waals surface area (Å²) in [5, 5.41) is 2.54. The van der Waals surface area contributed by atoms with Gasteiger partial charge in [0.2, 0.25) is 0 Å². The van der Waals surface area contributed by atoms with Crippen LogP contribution >= 0.6 is 0 Å². The van der Waals surface area contributed by atoms with Crippen molar-refractivity contribution in [2.24, 2.45) is 0 Å². The summed E-state index contributed by atoms with van der Waals surface area (Å²) in [5.74, 6) is 0. The predicted octanol–water partition coefficient (Wildman–Crippen LogP) is 4.41. The second-order valence-electron chi connectivity index (χ2n) is 4.05. The molecule has 0 aliphatic heterocycles. The van der Waals surface area contributed by atoms with Crippen LogP contribution in [0.1, 0.15) is 0 Å². The van der Waals surface area contributed by atoms with E-state index in [1.807, 2.05) is 23.0 Å². The lowest BCUT2D eigenvalue weighted by Gasteiger charge is -2.05. The number of benzene rings is 2. The van der Waals surface area contributed by atoms with Crippen molar-refractivity contribution in [3.8, 4) is 11.3 Å². The summed E-state index contributed by atoms with van der Waals surface area (Å²) in [4.78, 5) is 0. The molecule has 0 N–H and O–H groups in total. The van der Waals surface area contributed by atoms with Crippen LogP contribution in [-0.2, 0) is 0 Å². The van der Waals surface area contributed by atoms with E-state index >= 15 is 0 Å². The van der Waals surface area contributed by atoms with Crippen molar-refractivity contribution in [2.75, 3.05) is 0 Å². The third-order valence-corrected chi connectivity index (χ3v) is 3.02. The molecular weight excluding hydrogens is 206 g/mol. The van der Waals surface area contributed by atoms with Gasteiger partial charge in [-0.3, -0.25) is 0 Å². The Kier molecular flexibility index (Phi) is 2.30. The topological polar surface area (TPSA) is 4.93 Å². The summed E-state index contributed by atoms with van der Waals surface area (Å²) < 4.78 is 2.03. The molecule has 0 atom stereocenters. The molecule has 3 rings (SSSR count). The monoisotopic (exact) mass is 219 g/mol. The Bertz CT molecular complexity index is 677. The lowest BCUT2D eigenvalue weighted by atomic mass is 10.1. The number of hydrogen-bond donors (Lipinski definition) is 0. The first-order chi connectivity index (χ1) is 8.38. The zero-order chi connectivity index (χ0) is 11.7. The van der Waals surface area contributed by atoms with Gasteiger partial charge in [-0.05, 0) is 34.5 Å². The van der Waals surface area contributed by atoms with Crippen molar-refractivity contribution in [1.29, 1.82) is 0 Å². The first-order valence-corrected chi connectivity index (χ1v) is 5.67. The van der Waals surface area contributed by atoms with Crippen molar-refractivity contribution >= 4 is 17.0 Å². The molecule has 0 amide bonds. The van der Waals surface area contributed by atoms with Gasteiger partial charge in [0, 0.05) is 12.4 Å². The number of nitrogens with zero attached hydrogens (tertiary/aromatic N) is 1. The van der Waals surface area contributed by atoms with E-state index in [0.717, 1.165) is 0 Å². The molecule has 0 radical (unpaired) electrons. The molecule has 0 spiro atoms. The minimum absolute atomic E-state index is 1.17. The fraction of sp³-hybridized carbons (Fsp3) is 0. The quantitative estimate of drug-likeness (QED) is 0.601. The standard InChI is InChI=1S/C16H13N/c1-2-17-11-5-8-16(17)15-10-9-13-6-3-4-7-14(13)12-15/h2-12H,1H2. The first kappa shape index (κ1) is 9.91. The van der Waals surface area contributed by atoms with Gasteiger partial charge < -0.3 is 4.57 Å². The van der Waals surface area contributed by atoms with Crippen molar-refractivity contribution < 1.29 is 0 Å². The average molecular weight is 219 g/mol. The summed E-state index contributed by atoms with van der Waals surface area (Å²) in [7, 11) is 0. The van der Waals surface area contributed by atoms with E-state index in [4.69, 9.17) is 0 Å². The Hall–Kier alpha value is -2.28. The number of rotatable bonds is 2. The molecule has 0 fully saturated rings. The molecule has 1 heterocycles. The van der Waals surface area contributed by atoms with Gasteiger partial charge >= 0.3 is 0 Å². The van der Waals surface area contributed by atoms with Crippen LogP contribution < -0.4 is 0 Å². The number of fused-ring (bicyclic) bond motifs is 1.